The molecule has 4 heteroatoms. The molecular formula is C9H10ClNO2. The number of carboxylic acid groups (broad SMARTS) is 1. The summed E-state index contributed by atoms with van der Waals surface area (Å²) in [6, 6.07) is 5.20. The van der Waals surface area contributed by atoms with Crippen LogP contribution < -0.4 is 0 Å². The van der Waals surface area contributed by atoms with E-state index in [1.807, 2.05) is 0 Å². The first-order chi connectivity index (χ1) is 6.09. The first-order valence-electron chi connectivity index (χ1n) is 3.94. The summed E-state index contributed by atoms with van der Waals surface area (Å²) in [4.78, 5) is 14.5. The van der Waals surface area contributed by atoms with Gasteiger partial charge in [-0.1, -0.05) is 24.6 Å². The first kappa shape index (κ1) is 9.99. The largest absolute Gasteiger partial charge is 0.481 e. The summed E-state index contributed by atoms with van der Waals surface area (Å²) in [5, 5.41) is 9.05. The second-order valence-electron chi connectivity index (χ2n) is 2.90. The minimum absolute atomic E-state index is 0.398. The Kier molecular flexibility index (Phi) is 3.25. The maximum Gasteiger partial charge on any atom is 0.306 e. The van der Waals surface area contributed by atoms with Gasteiger partial charge < -0.3 is 5.11 Å². The molecule has 1 unspecified atom stereocenters. The molecule has 0 saturated carbocycles. The molecular weight excluding hydrogens is 190 g/mol. The van der Waals surface area contributed by atoms with Crippen LogP contribution in [0, 0.1) is 5.92 Å². The van der Waals surface area contributed by atoms with E-state index in [4.69, 9.17) is 16.7 Å². The zero-order valence-corrected chi connectivity index (χ0v) is 7.95. The van der Waals surface area contributed by atoms with E-state index in [1.165, 1.54) is 0 Å². The molecule has 1 atom stereocenters. The van der Waals surface area contributed by atoms with Crippen molar-refractivity contribution >= 4 is 17.6 Å². The van der Waals surface area contributed by atoms with Gasteiger partial charge in [0.1, 0.15) is 5.15 Å². The van der Waals surface area contributed by atoms with E-state index in [2.05, 4.69) is 4.98 Å². The highest BCUT2D eigenvalue weighted by atomic mass is 35.5. The average molecular weight is 200 g/mol. The van der Waals surface area contributed by atoms with E-state index in [-0.39, 0.29) is 0 Å². The summed E-state index contributed by atoms with van der Waals surface area (Å²) in [6.45, 7) is 1.64. The van der Waals surface area contributed by atoms with Crippen LogP contribution in [-0.4, -0.2) is 16.1 Å². The van der Waals surface area contributed by atoms with Crippen LogP contribution in [0.1, 0.15) is 12.6 Å². The van der Waals surface area contributed by atoms with Crippen molar-refractivity contribution in [3.8, 4) is 0 Å². The molecule has 0 fully saturated rings. The van der Waals surface area contributed by atoms with Gasteiger partial charge in [-0.25, -0.2) is 4.98 Å². The lowest BCUT2D eigenvalue weighted by Gasteiger charge is -2.04. The fourth-order valence-electron chi connectivity index (χ4n) is 0.965. The molecule has 70 valence electrons. The molecule has 0 aliphatic heterocycles. The minimum atomic E-state index is -0.818. The van der Waals surface area contributed by atoms with Gasteiger partial charge in [0.05, 0.1) is 5.92 Å². The van der Waals surface area contributed by atoms with Crippen LogP contribution in [0.2, 0.25) is 5.15 Å². The molecule has 13 heavy (non-hydrogen) atoms. The number of pyridine rings is 1. The minimum Gasteiger partial charge on any atom is -0.481 e. The Hall–Kier alpha value is -1.09. The van der Waals surface area contributed by atoms with Crippen LogP contribution in [0.5, 0.6) is 0 Å². The fourth-order valence-corrected chi connectivity index (χ4v) is 1.15. The highest BCUT2D eigenvalue weighted by Crippen LogP contribution is 2.09. The number of hydrogen-bond donors (Lipinski definition) is 1. The van der Waals surface area contributed by atoms with Crippen molar-refractivity contribution in [2.24, 2.45) is 5.92 Å². The molecule has 0 bridgehead atoms. The van der Waals surface area contributed by atoms with E-state index in [9.17, 15) is 4.79 Å². The lowest BCUT2D eigenvalue weighted by atomic mass is 10.1. The second kappa shape index (κ2) is 4.23. The third-order valence-electron chi connectivity index (χ3n) is 1.71. The van der Waals surface area contributed by atoms with Crippen molar-refractivity contribution in [1.29, 1.82) is 0 Å². The topological polar surface area (TPSA) is 50.2 Å². The fraction of sp³-hybridized carbons (Fsp3) is 0.333. The number of halogens is 1. The van der Waals surface area contributed by atoms with Gasteiger partial charge in [0.25, 0.3) is 0 Å². The van der Waals surface area contributed by atoms with Crippen molar-refractivity contribution in [2.75, 3.05) is 0 Å². The van der Waals surface area contributed by atoms with Crippen molar-refractivity contribution in [3.05, 3.63) is 29.0 Å². The Morgan fingerprint density at radius 2 is 2.38 bits per heavy atom. The number of hydrogen-bond acceptors (Lipinski definition) is 2. The van der Waals surface area contributed by atoms with Gasteiger partial charge in [-0.2, -0.15) is 0 Å². The highest BCUT2D eigenvalue weighted by Gasteiger charge is 2.12. The molecule has 0 saturated heterocycles. The average Bonchev–Trinajstić information content (AvgIpc) is 2.04. The predicted molar refractivity (Wildman–Crippen MR) is 49.8 cm³/mol. The zero-order valence-electron chi connectivity index (χ0n) is 7.20. The van der Waals surface area contributed by atoms with Gasteiger partial charge in [0.2, 0.25) is 0 Å². The summed E-state index contributed by atoms with van der Waals surface area (Å²) in [5.41, 5.74) is 0.711. The highest BCUT2D eigenvalue weighted by molar-refractivity contribution is 6.29. The molecule has 0 radical (unpaired) electrons. The van der Waals surface area contributed by atoms with Crippen molar-refractivity contribution in [2.45, 2.75) is 13.3 Å². The Balaban J connectivity index is 2.69. The molecule has 1 heterocycles. The SMILES string of the molecule is CC(Cc1cccc(Cl)n1)C(=O)O. The van der Waals surface area contributed by atoms with Crippen molar-refractivity contribution in [3.63, 3.8) is 0 Å². The van der Waals surface area contributed by atoms with Crippen LogP contribution in [0.3, 0.4) is 0 Å². The Morgan fingerprint density at radius 3 is 2.92 bits per heavy atom. The zero-order chi connectivity index (χ0) is 9.84. The standard InChI is InChI=1S/C9H10ClNO2/c1-6(9(12)13)5-7-3-2-4-8(10)11-7/h2-4,6H,5H2,1H3,(H,12,13). The molecule has 1 aromatic heterocycles. The number of carboxylic acids is 1. The van der Waals surface area contributed by atoms with Gasteiger partial charge in [-0.05, 0) is 12.1 Å². The van der Waals surface area contributed by atoms with E-state index in [0.717, 1.165) is 0 Å². The van der Waals surface area contributed by atoms with Gasteiger partial charge in [-0.15, -0.1) is 0 Å². The lowest BCUT2D eigenvalue weighted by molar-refractivity contribution is -0.141. The van der Waals surface area contributed by atoms with Crippen molar-refractivity contribution in [1.82, 2.24) is 4.98 Å². The monoisotopic (exact) mass is 199 g/mol. The number of aromatic nitrogens is 1. The van der Waals surface area contributed by atoms with E-state index in [1.54, 1.807) is 25.1 Å². The number of aliphatic carboxylic acids is 1. The third kappa shape index (κ3) is 3.03. The summed E-state index contributed by atoms with van der Waals surface area (Å²) in [7, 11) is 0. The van der Waals surface area contributed by atoms with E-state index >= 15 is 0 Å². The summed E-state index contributed by atoms with van der Waals surface area (Å²) in [5.74, 6) is -1.24. The summed E-state index contributed by atoms with van der Waals surface area (Å²) >= 11 is 5.65. The van der Waals surface area contributed by atoms with Crippen LogP contribution in [-0.2, 0) is 11.2 Å². The summed E-state index contributed by atoms with van der Waals surface area (Å²) in [6.07, 6.45) is 0.413. The smallest absolute Gasteiger partial charge is 0.306 e. The Morgan fingerprint density at radius 1 is 1.69 bits per heavy atom. The van der Waals surface area contributed by atoms with Crippen LogP contribution in [0.15, 0.2) is 18.2 Å². The molecule has 3 nitrogen and oxygen atoms in total. The van der Waals surface area contributed by atoms with Gasteiger partial charge in [0, 0.05) is 12.1 Å². The quantitative estimate of drug-likeness (QED) is 0.758. The van der Waals surface area contributed by atoms with Gasteiger partial charge in [0.15, 0.2) is 0 Å². The van der Waals surface area contributed by atoms with E-state index in [0.29, 0.717) is 17.3 Å². The van der Waals surface area contributed by atoms with Crippen molar-refractivity contribution < 1.29 is 9.90 Å². The molecule has 1 rings (SSSR count). The first-order valence-corrected chi connectivity index (χ1v) is 4.31. The Bertz CT molecular complexity index is 314. The molecule has 0 amide bonds. The van der Waals surface area contributed by atoms with Crippen LogP contribution in [0.4, 0.5) is 0 Å². The van der Waals surface area contributed by atoms with Gasteiger partial charge in [-0.3, -0.25) is 4.79 Å². The predicted octanol–water partition coefficient (Wildman–Crippen LogP) is 2.00. The number of nitrogens with zero attached hydrogens (tertiary/aromatic N) is 1. The Labute approximate surface area is 81.4 Å². The molecule has 1 aromatic rings. The van der Waals surface area contributed by atoms with Crippen LogP contribution >= 0.6 is 11.6 Å². The van der Waals surface area contributed by atoms with E-state index < -0.39 is 11.9 Å². The summed E-state index contributed by atoms with van der Waals surface area (Å²) < 4.78 is 0. The number of carbonyl (C=O) groups is 1. The molecule has 1 N–H and O–H groups in total. The van der Waals surface area contributed by atoms with Crippen LogP contribution in [0.25, 0.3) is 0 Å². The maximum atomic E-state index is 10.5. The normalized spacial score (nSPS) is 12.5. The number of rotatable bonds is 3. The maximum absolute atomic E-state index is 10.5. The third-order valence-corrected chi connectivity index (χ3v) is 1.92. The molecule has 0 aliphatic rings. The molecule has 0 aromatic carbocycles. The van der Waals surface area contributed by atoms with Gasteiger partial charge >= 0.3 is 5.97 Å². The molecule has 0 spiro atoms. The second-order valence-corrected chi connectivity index (χ2v) is 3.28. The molecule has 0 aliphatic carbocycles. The lowest BCUT2D eigenvalue weighted by Crippen LogP contribution is -2.12.